The van der Waals surface area contributed by atoms with E-state index >= 15 is 0 Å². The van der Waals surface area contributed by atoms with Crippen LogP contribution in [-0.2, 0) is 6.42 Å². The Morgan fingerprint density at radius 3 is 2.57 bits per heavy atom. The minimum atomic E-state index is -0.538. The molecule has 2 heterocycles. The van der Waals surface area contributed by atoms with E-state index in [2.05, 4.69) is 15.5 Å². The largest absolute Gasteiger partial charge is 0.486 e. The SMILES string of the molecule is O=C(Nc1nnc(Cc2ccc3c(c2)OCCO3)o1)c1ccc([N+](=O)[O-])cc1. The number of hydrogen-bond acceptors (Lipinski definition) is 8. The maximum absolute atomic E-state index is 12.2. The number of fused-ring (bicyclic) bond motifs is 1. The van der Waals surface area contributed by atoms with Crippen molar-refractivity contribution >= 4 is 17.6 Å². The number of ether oxygens (including phenoxy) is 2. The molecular weight excluding hydrogens is 368 g/mol. The summed E-state index contributed by atoms with van der Waals surface area (Å²) in [5.41, 5.74) is 1.02. The molecule has 0 saturated heterocycles. The van der Waals surface area contributed by atoms with Gasteiger partial charge in [-0.05, 0) is 29.8 Å². The van der Waals surface area contributed by atoms with Gasteiger partial charge in [-0.2, -0.15) is 0 Å². The number of nitrogens with one attached hydrogen (secondary N) is 1. The first kappa shape index (κ1) is 17.5. The first-order chi connectivity index (χ1) is 13.6. The van der Waals surface area contributed by atoms with Crippen LogP contribution >= 0.6 is 0 Å². The number of nitrogens with zero attached hydrogens (tertiary/aromatic N) is 3. The molecule has 142 valence electrons. The quantitative estimate of drug-likeness (QED) is 0.526. The van der Waals surface area contributed by atoms with Gasteiger partial charge in [-0.15, -0.1) is 5.10 Å². The van der Waals surface area contributed by atoms with Crippen molar-refractivity contribution < 1.29 is 23.6 Å². The summed E-state index contributed by atoms with van der Waals surface area (Å²) in [5.74, 6) is 1.16. The number of nitro benzene ring substituents is 1. The van der Waals surface area contributed by atoms with Gasteiger partial charge in [-0.1, -0.05) is 11.2 Å². The van der Waals surface area contributed by atoms with Gasteiger partial charge in [0.15, 0.2) is 11.5 Å². The average Bonchev–Trinajstić information content (AvgIpc) is 3.14. The topological polar surface area (TPSA) is 130 Å². The number of rotatable bonds is 5. The molecule has 10 heteroatoms. The number of non-ortho nitro benzene ring substituents is 1. The molecule has 0 bridgehead atoms. The molecule has 1 aromatic heterocycles. The molecule has 0 saturated carbocycles. The third kappa shape index (κ3) is 3.75. The van der Waals surface area contributed by atoms with Crippen LogP contribution in [-0.4, -0.2) is 34.2 Å². The molecule has 2 aromatic carbocycles. The lowest BCUT2D eigenvalue weighted by atomic mass is 10.1. The molecule has 0 fully saturated rings. The van der Waals surface area contributed by atoms with Crippen LogP contribution in [0.5, 0.6) is 11.5 Å². The number of aromatic nitrogens is 2. The maximum Gasteiger partial charge on any atom is 0.322 e. The summed E-state index contributed by atoms with van der Waals surface area (Å²) in [5, 5.41) is 20.8. The highest BCUT2D eigenvalue weighted by Crippen LogP contribution is 2.31. The van der Waals surface area contributed by atoms with Gasteiger partial charge in [0.05, 0.1) is 11.3 Å². The van der Waals surface area contributed by atoms with Gasteiger partial charge in [0, 0.05) is 17.7 Å². The van der Waals surface area contributed by atoms with Gasteiger partial charge < -0.3 is 13.9 Å². The van der Waals surface area contributed by atoms with Crippen LogP contribution in [0, 0.1) is 10.1 Å². The molecular formula is C18H14N4O6. The summed E-state index contributed by atoms with van der Waals surface area (Å²) in [6, 6.07) is 10.7. The van der Waals surface area contributed by atoms with Crippen molar-refractivity contribution in [1.29, 1.82) is 0 Å². The molecule has 0 radical (unpaired) electrons. The lowest BCUT2D eigenvalue weighted by Gasteiger charge is -2.18. The second-order valence-electron chi connectivity index (χ2n) is 5.91. The summed E-state index contributed by atoms with van der Waals surface area (Å²) in [4.78, 5) is 22.3. The van der Waals surface area contributed by atoms with E-state index in [4.69, 9.17) is 13.9 Å². The lowest BCUT2D eigenvalue weighted by Crippen LogP contribution is -2.15. The summed E-state index contributed by atoms with van der Waals surface area (Å²) in [6.07, 6.45) is 0.358. The van der Waals surface area contributed by atoms with Crippen LogP contribution in [0.25, 0.3) is 0 Å². The van der Waals surface area contributed by atoms with Crippen molar-refractivity contribution in [3.63, 3.8) is 0 Å². The highest BCUT2D eigenvalue weighted by Gasteiger charge is 2.15. The van der Waals surface area contributed by atoms with Crippen molar-refractivity contribution in [2.24, 2.45) is 0 Å². The van der Waals surface area contributed by atoms with E-state index in [1.807, 2.05) is 18.2 Å². The number of hydrogen-bond donors (Lipinski definition) is 1. The lowest BCUT2D eigenvalue weighted by molar-refractivity contribution is -0.384. The van der Waals surface area contributed by atoms with Gasteiger partial charge in [0.25, 0.3) is 11.6 Å². The zero-order valence-electron chi connectivity index (χ0n) is 14.5. The van der Waals surface area contributed by atoms with E-state index in [0.29, 0.717) is 37.0 Å². The first-order valence-electron chi connectivity index (χ1n) is 8.35. The van der Waals surface area contributed by atoms with Crippen LogP contribution in [0.3, 0.4) is 0 Å². The molecule has 4 rings (SSSR count). The van der Waals surface area contributed by atoms with Crippen molar-refractivity contribution in [2.45, 2.75) is 6.42 Å². The standard InChI is InChI=1S/C18H14N4O6/c23-17(12-2-4-13(5-3-12)22(24)25)19-18-21-20-16(28-18)10-11-1-6-14-15(9-11)27-8-7-26-14/h1-6,9H,7-8,10H2,(H,19,21,23). The Morgan fingerprint density at radius 1 is 1.07 bits per heavy atom. The Bertz CT molecular complexity index is 1030. The van der Waals surface area contributed by atoms with Crippen LogP contribution in [0.2, 0.25) is 0 Å². The van der Waals surface area contributed by atoms with Crippen LogP contribution in [0.4, 0.5) is 11.7 Å². The Labute approximate surface area is 158 Å². The third-order valence-electron chi connectivity index (χ3n) is 3.99. The Morgan fingerprint density at radius 2 is 1.82 bits per heavy atom. The third-order valence-corrected chi connectivity index (χ3v) is 3.99. The van der Waals surface area contributed by atoms with Gasteiger partial charge in [-0.25, -0.2) is 0 Å². The molecule has 0 aliphatic carbocycles. The van der Waals surface area contributed by atoms with E-state index in [0.717, 1.165) is 5.56 Å². The average molecular weight is 382 g/mol. The number of benzene rings is 2. The van der Waals surface area contributed by atoms with Crippen molar-refractivity contribution in [3.8, 4) is 11.5 Å². The molecule has 3 aromatic rings. The normalized spacial score (nSPS) is 12.4. The zero-order valence-corrected chi connectivity index (χ0v) is 14.5. The molecule has 0 atom stereocenters. The highest BCUT2D eigenvalue weighted by molar-refractivity contribution is 6.03. The number of amides is 1. The second kappa shape index (κ2) is 7.35. The van der Waals surface area contributed by atoms with Crippen LogP contribution < -0.4 is 14.8 Å². The predicted molar refractivity (Wildman–Crippen MR) is 95.6 cm³/mol. The molecule has 1 aliphatic rings. The second-order valence-corrected chi connectivity index (χ2v) is 5.91. The Hall–Kier alpha value is -3.95. The van der Waals surface area contributed by atoms with E-state index in [1.54, 1.807) is 0 Å². The summed E-state index contributed by atoms with van der Waals surface area (Å²) in [6.45, 7) is 1.02. The molecule has 10 nitrogen and oxygen atoms in total. The van der Waals surface area contributed by atoms with Gasteiger partial charge in [-0.3, -0.25) is 20.2 Å². The monoisotopic (exact) mass is 382 g/mol. The molecule has 28 heavy (non-hydrogen) atoms. The number of nitro groups is 1. The molecule has 1 amide bonds. The molecule has 1 aliphatic heterocycles. The fourth-order valence-corrected chi connectivity index (χ4v) is 2.65. The number of anilines is 1. The van der Waals surface area contributed by atoms with E-state index in [-0.39, 0.29) is 17.3 Å². The number of carbonyl (C=O) groups is 1. The predicted octanol–water partition coefficient (Wildman–Crippen LogP) is 2.59. The maximum atomic E-state index is 12.2. The van der Waals surface area contributed by atoms with Crippen molar-refractivity contribution in [3.05, 3.63) is 69.6 Å². The smallest absolute Gasteiger partial charge is 0.322 e. The molecule has 1 N–H and O–H groups in total. The fourth-order valence-electron chi connectivity index (χ4n) is 2.65. The summed E-state index contributed by atoms with van der Waals surface area (Å²) >= 11 is 0. The van der Waals surface area contributed by atoms with Crippen molar-refractivity contribution in [1.82, 2.24) is 10.2 Å². The highest BCUT2D eigenvalue weighted by atomic mass is 16.6. The summed E-state index contributed by atoms with van der Waals surface area (Å²) < 4.78 is 16.5. The van der Waals surface area contributed by atoms with Crippen LogP contribution in [0.1, 0.15) is 21.8 Å². The van der Waals surface area contributed by atoms with Gasteiger partial charge in [0.2, 0.25) is 5.89 Å². The summed E-state index contributed by atoms with van der Waals surface area (Å²) in [7, 11) is 0. The van der Waals surface area contributed by atoms with Gasteiger partial charge in [0.1, 0.15) is 13.2 Å². The fraction of sp³-hybridized carbons (Fsp3) is 0.167. The molecule has 0 unspecified atom stereocenters. The van der Waals surface area contributed by atoms with Gasteiger partial charge >= 0.3 is 6.01 Å². The first-order valence-corrected chi connectivity index (χ1v) is 8.35. The Kier molecular flexibility index (Phi) is 4.58. The zero-order chi connectivity index (χ0) is 19.5. The van der Waals surface area contributed by atoms with E-state index in [1.165, 1.54) is 24.3 Å². The van der Waals surface area contributed by atoms with Crippen LogP contribution in [0.15, 0.2) is 46.9 Å². The van der Waals surface area contributed by atoms with E-state index < -0.39 is 10.8 Å². The van der Waals surface area contributed by atoms with Crippen molar-refractivity contribution in [2.75, 3.05) is 18.5 Å². The minimum Gasteiger partial charge on any atom is -0.486 e. The van der Waals surface area contributed by atoms with E-state index in [9.17, 15) is 14.9 Å². The number of carbonyl (C=O) groups excluding carboxylic acids is 1. The minimum absolute atomic E-state index is 0.0594. The Balaban J connectivity index is 1.41. The molecule has 0 spiro atoms.